The predicted octanol–water partition coefficient (Wildman–Crippen LogP) is 5.19. The summed E-state index contributed by atoms with van der Waals surface area (Å²) >= 11 is 0. The van der Waals surface area contributed by atoms with Crippen molar-refractivity contribution >= 4 is 11.0 Å². The van der Waals surface area contributed by atoms with Gasteiger partial charge in [0.05, 0.1) is 17.4 Å². The number of benzene rings is 2. The highest BCUT2D eigenvalue weighted by atomic mass is 16.5. The minimum Gasteiger partial charge on any atom is -0.470 e. The number of hydrogen-bond acceptors (Lipinski definition) is 2. The molecule has 0 radical (unpaired) electrons. The summed E-state index contributed by atoms with van der Waals surface area (Å²) < 4.78 is 8.39. The third-order valence-corrected chi connectivity index (χ3v) is 3.86. The maximum absolute atomic E-state index is 6.24. The summed E-state index contributed by atoms with van der Waals surface area (Å²) in [4.78, 5) is 4.49. The summed E-state index contributed by atoms with van der Waals surface area (Å²) in [6, 6.07) is 18.2. The number of nitrogens with zero attached hydrogens (tertiary/aromatic N) is 2. The lowest BCUT2D eigenvalue weighted by atomic mass is 10.2. The minimum atomic E-state index is -0.0126. The highest BCUT2D eigenvalue weighted by Crippen LogP contribution is 2.25. The Morgan fingerprint density at radius 2 is 1.77 bits per heavy atom. The van der Waals surface area contributed by atoms with Crippen LogP contribution in [0.3, 0.4) is 0 Å². The van der Waals surface area contributed by atoms with Crippen LogP contribution in [0.15, 0.2) is 60.9 Å². The summed E-state index contributed by atoms with van der Waals surface area (Å²) in [6.45, 7) is 2.22. The van der Waals surface area contributed by atoms with Gasteiger partial charge in [0.1, 0.15) is 5.75 Å². The first kappa shape index (κ1) is 14.6. The van der Waals surface area contributed by atoms with E-state index in [-0.39, 0.29) is 6.23 Å². The van der Waals surface area contributed by atoms with E-state index in [0.717, 1.165) is 29.6 Å². The second kappa shape index (κ2) is 7.12. The Bertz CT molecular complexity index is 706. The molecule has 0 saturated carbocycles. The van der Waals surface area contributed by atoms with Gasteiger partial charge >= 0.3 is 0 Å². The average Bonchev–Trinajstić information content (AvgIpc) is 2.99. The first-order valence-corrected chi connectivity index (χ1v) is 8.02. The number of aromatic nitrogens is 2. The Hall–Kier alpha value is -2.29. The second-order valence-corrected chi connectivity index (χ2v) is 5.52. The lowest BCUT2D eigenvalue weighted by molar-refractivity contribution is 0.123. The molecule has 0 fully saturated rings. The predicted molar refractivity (Wildman–Crippen MR) is 90.0 cm³/mol. The lowest BCUT2D eigenvalue weighted by Crippen LogP contribution is -2.15. The smallest absolute Gasteiger partial charge is 0.177 e. The molecule has 114 valence electrons. The highest BCUT2D eigenvalue weighted by Gasteiger charge is 2.15. The zero-order valence-corrected chi connectivity index (χ0v) is 13.0. The number of imidazole rings is 1. The van der Waals surface area contributed by atoms with Crippen LogP contribution in [0.5, 0.6) is 5.75 Å². The Morgan fingerprint density at radius 3 is 2.59 bits per heavy atom. The van der Waals surface area contributed by atoms with Gasteiger partial charge in [-0.3, -0.25) is 4.57 Å². The summed E-state index contributed by atoms with van der Waals surface area (Å²) in [5.74, 6) is 0.904. The van der Waals surface area contributed by atoms with Gasteiger partial charge < -0.3 is 4.74 Å². The molecular weight excluding hydrogens is 272 g/mol. The van der Waals surface area contributed by atoms with Gasteiger partial charge in [-0.2, -0.15) is 0 Å². The van der Waals surface area contributed by atoms with Crippen molar-refractivity contribution in [1.82, 2.24) is 9.55 Å². The zero-order chi connectivity index (χ0) is 15.2. The van der Waals surface area contributed by atoms with Gasteiger partial charge in [-0.25, -0.2) is 4.98 Å². The van der Waals surface area contributed by atoms with Crippen LogP contribution in [0.25, 0.3) is 11.0 Å². The van der Waals surface area contributed by atoms with Crippen LogP contribution in [0.2, 0.25) is 0 Å². The molecule has 1 unspecified atom stereocenters. The van der Waals surface area contributed by atoms with Gasteiger partial charge in [0.25, 0.3) is 0 Å². The van der Waals surface area contributed by atoms with Gasteiger partial charge in [0, 0.05) is 6.42 Å². The van der Waals surface area contributed by atoms with Crippen LogP contribution in [0.1, 0.15) is 38.8 Å². The average molecular weight is 294 g/mol. The molecule has 3 rings (SSSR count). The Balaban J connectivity index is 1.87. The SMILES string of the molecule is CCCCCC(Oc1ccccc1)n1cnc2ccccc21. The zero-order valence-electron chi connectivity index (χ0n) is 13.0. The molecule has 22 heavy (non-hydrogen) atoms. The topological polar surface area (TPSA) is 27.1 Å². The largest absolute Gasteiger partial charge is 0.470 e. The van der Waals surface area contributed by atoms with Crippen LogP contribution in [-0.2, 0) is 0 Å². The molecule has 0 bridgehead atoms. The van der Waals surface area contributed by atoms with Crippen molar-refractivity contribution < 1.29 is 4.74 Å². The van der Waals surface area contributed by atoms with Crippen molar-refractivity contribution in [3.63, 3.8) is 0 Å². The van der Waals surface area contributed by atoms with Gasteiger partial charge in [0.2, 0.25) is 0 Å². The number of hydrogen-bond donors (Lipinski definition) is 0. The Labute approximate surface area is 131 Å². The second-order valence-electron chi connectivity index (χ2n) is 5.52. The van der Waals surface area contributed by atoms with Crippen molar-refractivity contribution in [2.45, 2.75) is 38.8 Å². The van der Waals surface area contributed by atoms with E-state index in [0.29, 0.717) is 0 Å². The number of unbranched alkanes of at least 4 members (excludes halogenated alkanes) is 2. The van der Waals surface area contributed by atoms with Crippen molar-refractivity contribution in [2.24, 2.45) is 0 Å². The Kier molecular flexibility index (Phi) is 4.74. The van der Waals surface area contributed by atoms with Gasteiger partial charge in [-0.1, -0.05) is 50.1 Å². The molecule has 3 aromatic rings. The van der Waals surface area contributed by atoms with Crippen LogP contribution >= 0.6 is 0 Å². The monoisotopic (exact) mass is 294 g/mol. The third kappa shape index (κ3) is 3.30. The molecule has 0 spiro atoms. The first-order valence-electron chi connectivity index (χ1n) is 8.02. The first-order chi connectivity index (χ1) is 10.9. The number of rotatable bonds is 7. The summed E-state index contributed by atoms with van der Waals surface area (Å²) in [7, 11) is 0. The maximum atomic E-state index is 6.24. The van der Waals surface area contributed by atoms with Crippen LogP contribution in [-0.4, -0.2) is 9.55 Å². The van der Waals surface area contributed by atoms with E-state index in [9.17, 15) is 0 Å². The summed E-state index contributed by atoms with van der Waals surface area (Å²) in [5.41, 5.74) is 2.14. The van der Waals surface area contributed by atoms with Crippen molar-refractivity contribution in [1.29, 1.82) is 0 Å². The molecule has 1 aromatic heterocycles. The van der Waals surface area contributed by atoms with Crippen LogP contribution in [0, 0.1) is 0 Å². The molecule has 3 nitrogen and oxygen atoms in total. The van der Waals surface area contributed by atoms with E-state index in [1.165, 1.54) is 12.8 Å². The molecule has 3 heteroatoms. The van der Waals surface area contributed by atoms with Crippen molar-refractivity contribution in [3.05, 3.63) is 60.9 Å². The molecule has 1 heterocycles. The summed E-state index contributed by atoms with van der Waals surface area (Å²) in [6.07, 6.45) is 6.46. The molecule has 0 aliphatic rings. The van der Waals surface area contributed by atoms with Crippen LogP contribution in [0.4, 0.5) is 0 Å². The summed E-state index contributed by atoms with van der Waals surface area (Å²) in [5, 5.41) is 0. The Morgan fingerprint density at radius 1 is 1.00 bits per heavy atom. The fraction of sp³-hybridized carbons (Fsp3) is 0.316. The third-order valence-electron chi connectivity index (χ3n) is 3.86. The molecular formula is C19H22N2O. The number of ether oxygens (including phenoxy) is 1. The van der Waals surface area contributed by atoms with E-state index in [1.54, 1.807) is 0 Å². The fourth-order valence-corrected chi connectivity index (χ4v) is 2.69. The van der Waals surface area contributed by atoms with E-state index in [1.807, 2.05) is 54.9 Å². The minimum absolute atomic E-state index is 0.0126. The molecule has 0 saturated heterocycles. The normalized spacial score (nSPS) is 12.4. The van der Waals surface area contributed by atoms with Gasteiger partial charge in [0.15, 0.2) is 6.23 Å². The molecule has 2 aromatic carbocycles. The molecule has 1 atom stereocenters. The van der Waals surface area contributed by atoms with E-state index < -0.39 is 0 Å². The van der Waals surface area contributed by atoms with E-state index in [2.05, 4.69) is 22.5 Å². The lowest BCUT2D eigenvalue weighted by Gasteiger charge is -2.21. The molecule has 0 aliphatic carbocycles. The quantitative estimate of drug-likeness (QED) is 0.560. The van der Waals surface area contributed by atoms with Gasteiger partial charge in [-0.05, 0) is 30.7 Å². The molecule has 0 amide bonds. The molecule has 0 aliphatic heterocycles. The van der Waals surface area contributed by atoms with E-state index >= 15 is 0 Å². The number of para-hydroxylation sites is 3. The van der Waals surface area contributed by atoms with E-state index in [4.69, 9.17) is 4.74 Å². The number of fused-ring (bicyclic) bond motifs is 1. The standard InChI is InChI=1S/C19H22N2O/c1-2-3-5-14-19(22-16-10-6-4-7-11-16)21-15-20-17-12-8-9-13-18(17)21/h4,6-13,15,19H,2-3,5,14H2,1H3. The van der Waals surface area contributed by atoms with Crippen molar-refractivity contribution in [3.8, 4) is 5.75 Å². The van der Waals surface area contributed by atoms with Crippen molar-refractivity contribution in [2.75, 3.05) is 0 Å². The fourth-order valence-electron chi connectivity index (χ4n) is 2.69. The maximum Gasteiger partial charge on any atom is 0.177 e. The highest BCUT2D eigenvalue weighted by molar-refractivity contribution is 5.75. The van der Waals surface area contributed by atoms with Gasteiger partial charge in [-0.15, -0.1) is 0 Å². The van der Waals surface area contributed by atoms with Crippen LogP contribution < -0.4 is 4.74 Å². The molecule has 0 N–H and O–H groups in total.